The quantitative estimate of drug-likeness (QED) is 0.286. The molecule has 3 aromatic rings. The Morgan fingerprint density at radius 1 is 1.29 bits per heavy atom. The molecule has 0 saturated carbocycles. The fraction of sp³-hybridized carbons (Fsp3) is 0.304. The molecule has 0 bridgehead atoms. The molecule has 3 rings (SSSR count). The standard InChI is InChI=1S/C23H23ClN4O2S/c1-3-4-7-12-28-22(30)18-11-10-17(24)13-20(18)27-23(28)31-15(2)21(29)26-19-9-6-5-8-16(19)14-25/h5-6,8-11,13,15H,3-4,7,12H2,1-2H3,(H,26,29). The first-order valence-electron chi connectivity index (χ1n) is 10.1. The molecule has 1 heterocycles. The molecule has 0 aliphatic rings. The lowest BCUT2D eigenvalue weighted by Crippen LogP contribution is -2.27. The maximum atomic E-state index is 13.1. The molecule has 1 N–H and O–H groups in total. The molecule has 6 nitrogen and oxygen atoms in total. The predicted molar refractivity (Wildman–Crippen MR) is 126 cm³/mol. The second kappa shape index (κ2) is 10.5. The summed E-state index contributed by atoms with van der Waals surface area (Å²) in [7, 11) is 0. The van der Waals surface area contributed by atoms with Crippen LogP contribution in [0, 0.1) is 11.3 Å². The summed E-state index contributed by atoms with van der Waals surface area (Å²) in [5.74, 6) is -0.270. The minimum atomic E-state index is -0.535. The van der Waals surface area contributed by atoms with Crippen molar-refractivity contribution in [3.8, 4) is 6.07 Å². The number of hydrogen-bond donors (Lipinski definition) is 1. The first kappa shape index (κ1) is 22.9. The number of para-hydroxylation sites is 1. The van der Waals surface area contributed by atoms with E-state index in [1.54, 1.807) is 54.0 Å². The molecule has 1 atom stereocenters. The molecule has 0 aliphatic heterocycles. The second-order valence-corrected chi connectivity index (χ2v) is 8.87. The normalized spacial score (nSPS) is 11.8. The zero-order chi connectivity index (χ0) is 22.4. The van der Waals surface area contributed by atoms with Gasteiger partial charge in [0.15, 0.2) is 5.16 Å². The van der Waals surface area contributed by atoms with Gasteiger partial charge in [-0.05, 0) is 43.7 Å². The Bertz CT molecular complexity index is 1200. The van der Waals surface area contributed by atoms with Gasteiger partial charge in [-0.2, -0.15) is 5.26 Å². The van der Waals surface area contributed by atoms with Gasteiger partial charge in [0.1, 0.15) is 6.07 Å². The Kier molecular flexibility index (Phi) is 7.72. The average Bonchev–Trinajstić information content (AvgIpc) is 2.76. The summed E-state index contributed by atoms with van der Waals surface area (Å²) in [5, 5.41) is 13.0. The Morgan fingerprint density at radius 2 is 2.06 bits per heavy atom. The van der Waals surface area contributed by atoms with Crippen LogP contribution in [-0.2, 0) is 11.3 Å². The van der Waals surface area contributed by atoms with Gasteiger partial charge in [-0.25, -0.2) is 4.98 Å². The summed E-state index contributed by atoms with van der Waals surface area (Å²) in [6, 6.07) is 13.9. The summed E-state index contributed by atoms with van der Waals surface area (Å²) in [6.07, 6.45) is 2.88. The van der Waals surface area contributed by atoms with Gasteiger partial charge in [0.2, 0.25) is 5.91 Å². The maximum absolute atomic E-state index is 13.1. The lowest BCUT2D eigenvalue weighted by atomic mass is 10.2. The Labute approximate surface area is 190 Å². The number of fused-ring (bicyclic) bond motifs is 1. The lowest BCUT2D eigenvalue weighted by Gasteiger charge is -2.17. The highest BCUT2D eigenvalue weighted by molar-refractivity contribution is 8.00. The third-order valence-electron chi connectivity index (χ3n) is 4.82. The van der Waals surface area contributed by atoms with Crippen LogP contribution in [0.3, 0.4) is 0 Å². The number of rotatable bonds is 8. The summed E-state index contributed by atoms with van der Waals surface area (Å²) < 4.78 is 1.64. The number of nitrogens with one attached hydrogen (secondary N) is 1. The first-order chi connectivity index (χ1) is 14.9. The van der Waals surface area contributed by atoms with Gasteiger partial charge in [-0.15, -0.1) is 0 Å². The fourth-order valence-corrected chi connectivity index (χ4v) is 4.22. The molecule has 0 radical (unpaired) electrons. The minimum Gasteiger partial charge on any atom is -0.324 e. The van der Waals surface area contributed by atoms with E-state index >= 15 is 0 Å². The molecule has 31 heavy (non-hydrogen) atoms. The summed E-state index contributed by atoms with van der Waals surface area (Å²) in [6.45, 7) is 4.39. The molecule has 0 saturated heterocycles. The highest BCUT2D eigenvalue weighted by Crippen LogP contribution is 2.25. The molecule has 0 aliphatic carbocycles. The number of amides is 1. The van der Waals surface area contributed by atoms with Crippen LogP contribution in [0.4, 0.5) is 5.69 Å². The summed E-state index contributed by atoms with van der Waals surface area (Å²) in [4.78, 5) is 30.5. The van der Waals surface area contributed by atoms with Crippen molar-refractivity contribution in [2.24, 2.45) is 0 Å². The van der Waals surface area contributed by atoms with E-state index in [0.29, 0.717) is 38.9 Å². The minimum absolute atomic E-state index is 0.136. The third kappa shape index (κ3) is 5.46. The number of nitriles is 1. The number of thioether (sulfide) groups is 1. The van der Waals surface area contributed by atoms with Crippen molar-refractivity contribution in [1.82, 2.24) is 9.55 Å². The van der Waals surface area contributed by atoms with Gasteiger partial charge in [0.25, 0.3) is 5.56 Å². The van der Waals surface area contributed by atoms with E-state index in [1.807, 2.05) is 0 Å². The molecule has 160 valence electrons. The maximum Gasteiger partial charge on any atom is 0.262 e. The van der Waals surface area contributed by atoms with Crippen molar-refractivity contribution in [1.29, 1.82) is 5.26 Å². The zero-order valence-corrected chi connectivity index (χ0v) is 19.0. The molecule has 2 aromatic carbocycles. The molecule has 8 heteroatoms. The van der Waals surface area contributed by atoms with Crippen molar-refractivity contribution < 1.29 is 4.79 Å². The van der Waals surface area contributed by atoms with Gasteiger partial charge < -0.3 is 5.32 Å². The number of carbonyl (C=O) groups excluding carboxylic acids is 1. The summed E-state index contributed by atoms with van der Waals surface area (Å²) in [5.41, 5.74) is 1.22. The largest absolute Gasteiger partial charge is 0.324 e. The Balaban J connectivity index is 1.91. The highest BCUT2D eigenvalue weighted by Gasteiger charge is 2.20. The number of unbranched alkanes of at least 4 members (excludes halogenated alkanes) is 2. The molecular weight excluding hydrogens is 432 g/mol. The number of nitrogens with zero attached hydrogens (tertiary/aromatic N) is 3. The third-order valence-corrected chi connectivity index (χ3v) is 6.15. The van der Waals surface area contributed by atoms with E-state index in [1.165, 1.54) is 11.8 Å². The first-order valence-corrected chi connectivity index (χ1v) is 11.4. The van der Waals surface area contributed by atoms with Crippen LogP contribution in [0.5, 0.6) is 0 Å². The number of carbonyl (C=O) groups is 1. The number of anilines is 1. The van der Waals surface area contributed by atoms with E-state index in [9.17, 15) is 14.9 Å². The number of halogens is 1. The number of hydrogen-bond acceptors (Lipinski definition) is 5. The number of aromatic nitrogens is 2. The van der Waals surface area contributed by atoms with Crippen molar-refractivity contribution >= 4 is 45.9 Å². The van der Waals surface area contributed by atoms with Crippen LogP contribution in [0.1, 0.15) is 38.7 Å². The van der Waals surface area contributed by atoms with E-state index < -0.39 is 5.25 Å². The topological polar surface area (TPSA) is 87.8 Å². The van der Waals surface area contributed by atoms with Gasteiger partial charge >= 0.3 is 0 Å². The van der Waals surface area contributed by atoms with E-state index in [0.717, 1.165) is 19.3 Å². The predicted octanol–water partition coefficient (Wildman–Crippen LogP) is 5.23. The molecule has 0 fully saturated rings. The van der Waals surface area contributed by atoms with Crippen LogP contribution < -0.4 is 10.9 Å². The molecule has 0 spiro atoms. The van der Waals surface area contributed by atoms with Gasteiger partial charge in [-0.3, -0.25) is 14.2 Å². The van der Waals surface area contributed by atoms with Crippen molar-refractivity contribution in [2.75, 3.05) is 5.32 Å². The smallest absolute Gasteiger partial charge is 0.262 e. The fourth-order valence-electron chi connectivity index (χ4n) is 3.12. The molecular formula is C23H23ClN4O2S. The highest BCUT2D eigenvalue weighted by atomic mass is 35.5. The Morgan fingerprint density at radius 3 is 2.81 bits per heavy atom. The van der Waals surface area contributed by atoms with Crippen LogP contribution in [-0.4, -0.2) is 20.7 Å². The van der Waals surface area contributed by atoms with Crippen LogP contribution in [0.25, 0.3) is 10.9 Å². The van der Waals surface area contributed by atoms with Gasteiger partial charge in [0, 0.05) is 11.6 Å². The molecule has 1 amide bonds. The van der Waals surface area contributed by atoms with E-state index in [2.05, 4.69) is 23.3 Å². The zero-order valence-electron chi connectivity index (χ0n) is 17.4. The van der Waals surface area contributed by atoms with Gasteiger partial charge in [0.05, 0.1) is 27.4 Å². The lowest BCUT2D eigenvalue weighted by molar-refractivity contribution is -0.115. The van der Waals surface area contributed by atoms with E-state index in [4.69, 9.17) is 11.6 Å². The van der Waals surface area contributed by atoms with Crippen molar-refractivity contribution in [3.63, 3.8) is 0 Å². The Hall–Kier alpha value is -2.82. The second-order valence-electron chi connectivity index (χ2n) is 7.13. The van der Waals surface area contributed by atoms with Crippen LogP contribution in [0.2, 0.25) is 5.02 Å². The average molecular weight is 455 g/mol. The monoisotopic (exact) mass is 454 g/mol. The molecule has 1 aromatic heterocycles. The van der Waals surface area contributed by atoms with Crippen LogP contribution >= 0.6 is 23.4 Å². The van der Waals surface area contributed by atoms with Crippen molar-refractivity contribution in [2.45, 2.75) is 50.1 Å². The van der Waals surface area contributed by atoms with Gasteiger partial charge in [-0.1, -0.05) is 55.3 Å². The number of benzene rings is 2. The van der Waals surface area contributed by atoms with Crippen LogP contribution in [0.15, 0.2) is 52.4 Å². The molecule has 1 unspecified atom stereocenters. The van der Waals surface area contributed by atoms with Crippen molar-refractivity contribution in [3.05, 3.63) is 63.4 Å². The summed E-state index contributed by atoms with van der Waals surface area (Å²) >= 11 is 7.31. The van der Waals surface area contributed by atoms with E-state index in [-0.39, 0.29) is 11.5 Å². The SMILES string of the molecule is CCCCCn1c(SC(C)C(=O)Nc2ccccc2C#N)nc2cc(Cl)ccc2c1=O.